The molecule has 198 valence electrons. The summed E-state index contributed by atoms with van der Waals surface area (Å²) in [7, 11) is 2.99. The number of benzene rings is 1. The van der Waals surface area contributed by atoms with Gasteiger partial charge in [0.05, 0.1) is 18.5 Å². The monoisotopic (exact) mass is 520 g/mol. The summed E-state index contributed by atoms with van der Waals surface area (Å²) in [4.78, 5) is 33.3. The van der Waals surface area contributed by atoms with Crippen molar-refractivity contribution >= 4 is 17.7 Å². The minimum atomic E-state index is -0.549. The average molecular weight is 521 g/mol. The highest BCUT2D eigenvalue weighted by molar-refractivity contribution is 5.81. The van der Waals surface area contributed by atoms with E-state index in [1.165, 1.54) is 26.4 Å². The number of aromatic nitrogens is 5. The summed E-state index contributed by atoms with van der Waals surface area (Å²) < 4.78 is 23.9. The number of hydrogen-bond donors (Lipinski definition) is 4. The number of carbonyl (C=O) groups excluding carboxylic acids is 1. The summed E-state index contributed by atoms with van der Waals surface area (Å²) in [5, 5.41) is 6.01. The zero-order valence-electron chi connectivity index (χ0n) is 21.4. The lowest BCUT2D eigenvalue weighted by atomic mass is 10.1. The quantitative estimate of drug-likeness (QED) is 0.247. The number of halogens is 1. The van der Waals surface area contributed by atoms with Crippen LogP contribution >= 0.6 is 0 Å². The number of aromatic amines is 1. The number of nitrogen functional groups attached to an aromatic ring is 1. The molecule has 0 fully saturated rings. The topological polar surface area (TPSA) is 153 Å². The van der Waals surface area contributed by atoms with Crippen molar-refractivity contribution in [2.24, 2.45) is 0 Å². The van der Waals surface area contributed by atoms with Crippen LogP contribution in [0.5, 0.6) is 5.75 Å². The predicted octanol–water partition coefficient (Wildman–Crippen LogP) is 3.28. The molecule has 3 aromatic heterocycles. The minimum Gasteiger partial charge on any atom is -0.493 e. The fourth-order valence-corrected chi connectivity index (χ4v) is 3.61. The van der Waals surface area contributed by atoms with Gasteiger partial charge in [-0.15, -0.1) is 0 Å². The number of imidazole rings is 1. The Labute approximate surface area is 219 Å². The zero-order chi connectivity index (χ0) is 27.2. The van der Waals surface area contributed by atoms with Crippen molar-refractivity contribution in [3.05, 3.63) is 54.6 Å². The van der Waals surface area contributed by atoms with Gasteiger partial charge < -0.3 is 30.8 Å². The van der Waals surface area contributed by atoms with Gasteiger partial charge in [-0.05, 0) is 50.2 Å². The molecule has 4 rings (SSSR count). The molecule has 3 heterocycles. The van der Waals surface area contributed by atoms with Gasteiger partial charge in [-0.2, -0.15) is 0 Å². The maximum Gasteiger partial charge on any atom is 0.249 e. The molecule has 0 aliphatic rings. The van der Waals surface area contributed by atoms with E-state index in [1.54, 1.807) is 43.6 Å². The second kappa shape index (κ2) is 11.6. The molecule has 2 atom stereocenters. The van der Waals surface area contributed by atoms with Crippen LogP contribution in [0.1, 0.15) is 13.8 Å². The third-order valence-corrected chi connectivity index (χ3v) is 5.79. The van der Waals surface area contributed by atoms with Crippen molar-refractivity contribution in [3.8, 4) is 39.8 Å². The molecule has 38 heavy (non-hydrogen) atoms. The zero-order valence-corrected chi connectivity index (χ0v) is 21.4. The van der Waals surface area contributed by atoms with Crippen LogP contribution in [-0.4, -0.2) is 63.7 Å². The van der Waals surface area contributed by atoms with E-state index in [2.05, 4.69) is 30.6 Å². The fraction of sp³-hybridized carbons (Fsp3) is 0.269. The number of nitrogens with one attached hydrogen (secondary N) is 3. The summed E-state index contributed by atoms with van der Waals surface area (Å²) in [6, 6.07) is 9.28. The minimum absolute atomic E-state index is 0.200. The van der Waals surface area contributed by atoms with Gasteiger partial charge in [0.1, 0.15) is 23.4 Å². The van der Waals surface area contributed by atoms with Crippen molar-refractivity contribution in [1.82, 2.24) is 30.2 Å². The van der Waals surface area contributed by atoms with Gasteiger partial charge in [0, 0.05) is 43.2 Å². The molecule has 0 aliphatic heterocycles. The van der Waals surface area contributed by atoms with Gasteiger partial charge in [0.2, 0.25) is 11.9 Å². The Morgan fingerprint density at radius 3 is 2.58 bits per heavy atom. The molecule has 4 aromatic rings. The Bertz CT molecular complexity index is 1410. The van der Waals surface area contributed by atoms with E-state index in [1.807, 2.05) is 6.92 Å². The van der Waals surface area contributed by atoms with E-state index in [-0.39, 0.29) is 23.6 Å². The molecule has 12 heteroatoms. The number of methoxy groups -OCH3 is 2. The average Bonchev–Trinajstić information content (AvgIpc) is 3.38. The smallest absolute Gasteiger partial charge is 0.249 e. The van der Waals surface area contributed by atoms with E-state index >= 15 is 0 Å². The van der Waals surface area contributed by atoms with Crippen molar-refractivity contribution in [1.29, 1.82) is 0 Å². The van der Waals surface area contributed by atoms with Crippen molar-refractivity contribution in [2.45, 2.75) is 26.0 Å². The lowest BCUT2D eigenvalue weighted by molar-refractivity contribution is -0.130. The van der Waals surface area contributed by atoms with Crippen LogP contribution in [0.25, 0.3) is 34.0 Å². The van der Waals surface area contributed by atoms with E-state index in [0.717, 1.165) is 0 Å². The molecular formula is C26H29FN8O3. The third-order valence-electron chi connectivity index (χ3n) is 5.79. The maximum atomic E-state index is 13.5. The van der Waals surface area contributed by atoms with Crippen molar-refractivity contribution < 1.29 is 18.7 Å². The Morgan fingerprint density at radius 1 is 1.11 bits per heavy atom. The van der Waals surface area contributed by atoms with Crippen molar-refractivity contribution in [3.63, 3.8) is 0 Å². The summed E-state index contributed by atoms with van der Waals surface area (Å²) >= 11 is 0. The summed E-state index contributed by atoms with van der Waals surface area (Å²) in [5.41, 5.74) is 8.95. The lowest BCUT2D eigenvalue weighted by Gasteiger charge is -2.17. The summed E-state index contributed by atoms with van der Waals surface area (Å²) in [5.74, 6) is 0.981. The number of pyridine rings is 1. The number of ether oxygens (including phenoxy) is 2. The second-order valence-corrected chi connectivity index (χ2v) is 8.56. The molecule has 0 bridgehead atoms. The molecule has 0 spiro atoms. The second-order valence-electron chi connectivity index (χ2n) is 8.56. The van der Waals surface area contributed by atoms with Gasteiger partial charge in [0.15, 0.2) is 11.6 Å². The standard InChI is InChI=1S/C26H29FN8O3/c1-14(32-25(36)15(2)37-3)12-31-26-29-10-9-19(33-26)22-21(17-11-20(38-4)23(28)30-13-17)34-24(35-22)16-5-7-18(27)8-6-16/h5-11,13-15H,12H2,1-4H3,(H2,28,30)(H,32,36)(H,34,35)(H,29,31,33)/t14-,15-/m0/s1. The van der Waals surface area contributed by atoms with Gasteiger partial charge in [-0.25, -0.2) is 24.3 Å². The maximum absolute atomic E-state index is 13.5. The van der Waals surface area contributed by atoms with Crippen LogP contribution < -0.4 is 21.1 Å². The first-order valence-electron chi connectivity index (χ1n) is 11.8. The largest absolute Gasteiger partial charge is 0.493 e. The highest BCUT2D eigenvalue weighted by Crippen LogP contribution is 2.34. The van der Waals surface area contributed by atoms with Gasteiger partial charge in [-0.3, -0.25) is 4.79 Å². The summed E-state index contributed by atoms with van der Waals surface area (Å²) in [6.45, 7) is 3.93. The molecule has 0 radical (unpaired) electrons. The van der Waals surface area contributed by atoms with Crippen LogP contribution in [-0.2, 0) is 9.53 Å². The SMILES string of the molecule is COc1cc(-c2nc(-c3ccc(F)cc3)[nH]c2-c2ccnc(NC[C@H](C)NC(=O)[C@H](C)OC)n2)cnc1N. The Hall–Kier alpha value is -4.58. The number of anilines is 2. The predicted molar refractivity (Wildman–Crippen MR) is 142 cm³/mol. The van der Waals surface area contributed by atoms with Crippen LogP contribution in [0.4, 0.5) is 16.2 Å². The number of rotatable bonds is 10. The number of H-pyrrole nitrogens is 1. The molecule has 0 aliphatic carbocycles. The number of amides is 1. The van der Waals surface area contributed by atoms with Crippen LogP contribution in [0.3, 0.4) is 0 Å². The van der Waals surface area contributed by atoms with E-state index in [0.29, 0.717) is 52.3 Å². The molecule has 1 amide bonds. The number of carbonyl (C=O) groups is 1. The molecule has 0 unspecified atom stereocenters. The first kappa shape index (κ1) is 26.5. The Morgan fingerprint density at radius 2 is 1.87 bits per heavy atom. The highest BCUT2D eigenvalue weighted by Gasteiger charge is 2.19. The highest BCUT2D eigenvalue weighted by atomic mass is 19.1. The molecule has 1 aromatic carbocycles. The van der Waals surface area contributed by atoms with Gasteiger partial charge >= 0.3 is 0 Å². The Balaban J connectivity index is 1.66. The number of nitrogens with zero attached hydrogens (tertiary/aromatic N) is 4. The van der Waals surface area contributed by atoms with Gasteiger partial charge in [-0.1, -0.05) is 0 Å². The molecule has 11 nitrogen and oxygen atoms in total. The first-order valence-corrected chi connectivity index (χ1v) is 11.8. The number of nitrogens with two attached hydrogens (primary N) is 1. The van der Waals surface area contributed by atoms with Crippen LogP contribution in [0, 0.1) is 5.82 Å². The Kier molecular flexibility index (Phi) is 8.12. The molecule has 5 N–H and O–H groups in total. The molecule has 0 saturated heterocycles. The summed E-state index contributed by atoms with van der Waals surface area (Å²) in [6.07, 6.45) is 2.66. The third kappa shape index (κ3) is 6.03. The molecular weight excluding hydrogens is 491 g/mol. The first-order chi connectivity index (χ1) is 18.3. The van der Waals surface area contributed by atoms with Gasteiger partial charge in [0.25, 0.3) is 0 Å². The van der Waals surface area contributed by atoms with E-state index in [4.69, 9.17) is 20.2 Å². The fourth-order valence-electron chi connectivity index (χ4n) is 3.61. The van der Waals surface area contributed by atoms with Crippen LogP contribution in [0.2, 0.25) is 0 Å². The van der Waals surface area contributed by atoms with Crippen LogP contribution in [0.15, 0.2) is 48.8 Å². The normalized spacial score (nSPS) is 12.6. The van der Waals surface area contributed by atoms with E-state index < -0.39 is 6.10 Å². The molecule has 0 saturated carbocycles. The lowest BCUT2D eigenvalue weighted by Crippen LogP contribution is -2.42. The van der Waals surface area contributed by atoms with Crippen molar-refractivity contribution in [2.75, 3.05) is 31.8 Å². The number of hydrogen-bond acceptors (Lipinski definition) is 9. The van der Waals surface area contributed by atoms with E-state index in [9.17, 15) is 9.18 Å².